The van der Waals surface area contributed by atoms with Gasteiger partial charge in [-0.2, -0.15) is 0 Å². The molecule has 2 heteroatoms. The van der Waals surface area contributed by atoms with Crippen LogP contribution in [0.5, 0.6) is 0 Å². The molecule has 0 amide bonds. The van der Waals surface area contributed by atoms with Crippen molar-refractivity contribution < 1.29 is 4.39 Å². The van der Waals surface area contributed by atoms with Gasteiger partial charge in [0.15, 0.2) is 0 Å². The Bertz CT molecular complexity index is 294. The predicted molar refractivity (Wildman–Crippen MR) is 59.1 cm³/mol. The Morgan fingerprint density at radius 3 is 2.71 bits per heavy atom. The first-order chi connectivity index (χ1) is 6.59. The van der Waals surface area contributed by atoms with Gasteiger partial charge in [-0.05, 0) is 37.0 Å². The summed E-state index contributed by atoms with van der Waals surface area (Å²) in [7, 11) is 0. The fraction of sp³-hybridized carbons (Fsp3) is 0.500. The molecular formula is C12H18FN. The van der Waals surface area contributed by atoms with Gasteiger partial charge in [0, 0.05) is 6.54 Å². The average Bonchev–Trinajstić information content (AvgIpc) is 2.10. The Balaban J connectivity index is 2.53. The minimum Gasteiger partial charge on any atom is -0.383 e. The summed E-state index contributed by atoms with van der Waals surface area (Å²) in [6.45, 7) is 7.12. The second kappa shape index (κ2) is 4.99. The lowest BCUT2D eigenvalue weighted by atomic mass is 10.1. The Kier molecular flexibility index (Phi) is 3.93. The summed E-state index contributed by atoms with van der Waals surface area (Å²) in [6.07, 6.45) is 1.06. The zero-order valence-electron chi connectivity index (χ0n) is 9.10. The van der Waals surface area contributed by atoms with Crippen molar-refractivity contribution in [1.82, 2.24) is 0 Å². The fourth-order valence-electron chi connectivity index (χ4n) is 1.27. The zero-order chi connectivity index (χ0) is 10.6. The monoisotopic (exact) mass is 195 g/mol. The topological polar surface area (TPSA) is 12.0 Å². The van der Waals surface area contributed by atoms with E-state index in [2.05, 4.69) is 19.2 Å². The zero-order valence-corrected chi connectivity index (χ0v) is 9.10. The number of benzene rings is 1. The normalized spacial score (nSPS) is 10.6. The van der Waals surface area contributed by atoms with Gasteiger partial charge in [-0.1, -0.05) is 19.9 Å². The molecule has 0 fully saturated rings. The molecule has 1 nitrogen and oxygen atoms in total. The van der Waals surface area contributed by atoms with Crippen LogP contribution in [0, 0.1) is 18.7 Å². The van der Waals surface area contributed by atoms with Gasteiger partial charge in [0.05, 0.1) is 5.69 Å². The van der Waals surface area contributed by atoms with E-state index in [4.69, 9.17) is 0 Å². The van der Waals surface area contributed by atoms with Gasteiger partial charge in [-0.15, -0.1) is 0 Å². The first kappa shape index (κ1) is 11.0. The number of halogens is 1. The predicted octanol–water partition coefficient (Wildman–Crippen LogP) is 3.59. The minimum absolute atomic E-state index is 0.167. The van der Waals surface area contributed by atoms with Gasteiger partial charge < -0.3 is 5.32 Å². The molecule has 0 aromatic heterocycles. The molecule has 0 aliphatic carbocycles. The molecule has 0 radical (unpaired) electrons. The first-order valence-corrected chi connectivity index (χ1v) is 5.09. The largest absolute Gasteiger partial charge is 0.383 e. The maximum Gasteiger partial charge on any atom is 0.146 e. The van der Waals surface area contributed by atoms with Crippen LogP contribution in [0.4, 0.5) is 10.1 Å². The van der Waals surface area contributed by atoms with Crippen LogP contribution in [0.25, 0.3) is 0 Å². The quantitative estimate of drug-likeness (QED) is 0.774. The molecule has 0 atom stereocenters. The summed E-state index contributed by atoms with van der Waals surface area (Å²) in [4.78, 5) is 0. The minimum atomic E-state index is -0.167. The van der Waals surface area contributed by atoms with Gasteiger partial charge in [-0.25, -0.2) is 4.39 Å². The maximum absolute atomic E-state index is 13.2. The molecule has 1 N–H and O–H groups in total. The van der Waals surface area contributed by atoms with Crippen molar-refractivity contribution in [2.24, 2.45) is 5.92 Å². The summed E-state index contributed by atoms with van der Waals surface area (Å²) < 4.78 is 13.2. The van der Waals surface area contributed by atoms with Crippen LogP contribution in [0.2, 0.25) is 0 Å². The first-order valence-electron chi connectivity index (χ1n) is 5.09. The third-order valence-corrected chi connectivity index (χ3v) is 2.16. The van der Waals surface area contributed by atoms with E-state index in [9.17, 15) is 4.39 Å². The van der Waals surface area contributed by atoms with Gasteiger partial charge in [0.25, 0.3) is 0 Å². The smallest absolute Gasteiger partial charge is 0.146 e. The highest BCUT2D eigenvalue weighted by atomic mass is 19.1. The van der Waals surface area contributed by atoms with E-state index >= 15 is 0 Å². The van der Waals surface area contributed by atoms with Crippen molar-refractivity contribution in [3.05, 3.63) is 29.6 Å². The van der Waals surface area contributed by atoms with E-state index in [-0.39, 0.29) is 5.82 Å². The van der Waals surface area contributed by atoms with Crippen molar-refractivity contribution in [3.63, 3.8) is 0 Å². The summed E-state index contributed by atoms with van der Waals surface area (Å²) >= 11 is 0. The molecule has 0 unspecified atom stereocenters. The van der Waals surface area contributed by atoms with Crippen LogP contribution in [0.3, 0.4) is 0 Å². The van der Waals surface area contributed by atoms with Crippen LogP contribution in [-0.4, -0.2) is 6.54 Å². The third-order valence-electron chi connectivity index (χ3n) is 2.16. The highest BCUT2D eigenvalue weighted by Crippen LogP contribution is 2.15. The average molecular weight is 195 g/mol. The maximum atomic E-state index is 13.2. The Morgan fingerprint density at radius 1 is 1.36 bits per heavy atom. The lowest BCUT2D eigenvalue weighted by molar-refractivity contribution is 0.599. The molecule has 1 aromatic carbocycles. The van der Waals surface area contributed by atoms with E-state index in [1.165, 1.54) is 6.07 Å². The van der Waals surface area contributed by atoms with Crippen molar-refractivity contribution >= 4 is 5.69 Å². The molecule has 0 heterocycles. The van der Waals surface area contributed by atoms with Gasteiger partial charge in [-0.3, -0.25) is 0 Å². The highest BCUT2D eigenvalue weighted by Gasteiger charge is 2.01. The van der Waals surface area contributed by atoms with Crippen LogP contribution < -0.4 is 5.32 Å². The van der Waals surface area contributed by atoms with Crippen LogP contribution in [-0.2, 0) is 0 Å². The number of anilines is 1. The van der Waals surface area contributed by atoms with Crippen molar-refractivity contribution in [2.45, 2.75) is 27.2 Å². The van der Waals surface area contributed by atoms with Crippen LogP contribution in [0.1, 0.15) is 25.8 Å². The van der Waals surface area contributed by atoms with E-state index in [1.54, 1.807) is 6.07 Å². The summed E-state index contributed by atoms with van der Waals surface area (Å²) in [5, 5.41) is 3.11. The number of nitrogens with one attached hydrogen (secondary N) is 1. The Hall–Kier alpha value is -1.05. The second-order valence-corrected chi connectivity index (χ2v) is 4.09. The molecule has 1 aromatic rings. The van der Waals surface area contributed by atoms with Crippen LogP contribution >= 0.6 is 0 Å². The lowest BCUT2D eigenvalue weighted by Crippen LogP contribution is -2.06. The molecule has 0 aliphatic heterocycles. The van der Waals surface area contributed by atoms with Crippen molar-refractivity contribution in [3.8, 4) is 0 Å². The Labute approximate surface area is 85.3 Å². The number of hydrogen-bond acceptors (Lipinski definition) is 1. The van der Waals surface area contributed by atoms with Gasteiger partial charge in [0.2, 0.25) is 0 Å². The number of aryl methyl sites for hydroxylation is 1. The molecule has 0 saturated carbocycles. The summed E-state index contributed by atoms with van der Waals surface area (Å²) in [5.74, 6) is 0.481. The highest BCUT2D eigenvalue weighted by molar-refractivity contribution is 5.46. The second-order valence-electron chi connectivity index (χ2n) is 4.09. The molecule has 14 heavy (non-hydrogen) atoms. The fourth-order valence-corrected chi connectivity index (χ4v) is 1.27. The van der Waals surface area contributed by atoms with Gasteiger partial charge >= 0.3 is 0 Å². The standard InChI is InChI=1S/C12H18FN/c1-9(2)6-7-14-12-8-10(3)4-5-11(12)13/h4-5,8-9,14H,6-7H2,1-3H3. The summed E-state index contributed by atoms with van der Waals surface area (Å²) in [5.41, 5.74) is 1.70. The number of hydrogen-bond donors (Lipinski definition) is 1. The molecule has 0 spiro atoms. The van der Waals surface area contributed by atoms with E-state index in [0.29, 0.717) is 11.6 Å². The van der Waals surface area contributed by atoms with E-state index < -0.39 is 0 Å². The molecular weight excluding hydrogens is 177 g/mol. The van der Waals surface area contributed by atoms with Crippen molar-refractivity contribution in [2.75, 3.05) is 11.9 Å². The Morgan fingerprint density at radius 2 is 2.07 bits per heavy atom. The third kappa shape index (κ3) is 3.36. The molecule has 0 aliphatic rings. The number of rotatable bonds is 4. The molecule has 0 bridgehead atoms. The van der Waals surface area contributed by atoms with Crippen LogP contribution in [0.15, 0.2) is 18.2 Å². The molecule has 78 valence electrons. The summed E-state index contributed by atoms with van der Waals surface area (Å²) in [6, 6.07) is 5.13. The lowest BCUT2D eigenvalue weighted by Gasteiger charge is -2.09. The molecule has 1 rings (SSSR count). The van der Waals surface area contributed by atoms with E-state index in [0.717, 1.165) is 18.5 Å². The van der Waals surface area contributed by atoms with E-state index in [1.807, 2.05) is 13.0 Å². The van der Waals surface area contributed by atoms with Crippen molar-refractivity contribution in [1.29, 1.82) is 0 Å². The van der Waals surface area contributed by atoms with Gasteiger partial charge in [0.1, 0.15) is 5.82 Å². The molecule has 0 saturated heterocycles. The SMILES string of the molecule is Cc1ccc(F)c(NCCC(C)C)c1.